The number of aromatic nitrogens is 1. The summed E-state index contributed by atoms with van der Waals surface area (Å²) in [5.74, 6) is -0.0601. The first-order valence-electron chi connectivity index (χ1n) is 8.40. The van der Waals surface area contributed by atoms with E-state index in [1.807, 2.05) is 12.3 Å². The van der Waals surface area contributed by atoms with E-state index >= 15 is 0 Å². The molecular formula is C18H21N3O4. The van der Waals surface area contributed by atoms with E-state index in [2.05, 4.69) is 16.0 Å². The molecule has 2 aliphatic heterocycles. The Labute approximate surface area is 146 Å². The van der Waals surface area contributed by atoms with Crippen LogP contribution >= 0.6 is 0 Å². The molecule has 4 rings (SSSR count). The van der Waals surface area contributed by atoms with Gasteiger partial charge in [-0.2, -0.15) is 0 Å². The number of ether oxygens (including phenoxy) is 2. The summed E-state index contributed by atoms with van der Waals surface area (Å²) in [4.78, 5) is 20.5. The lowest BCUT2D eigenvalue weighted by atomic mass is 10.0. The van der Waals surface area contributed by atoms with E-state index in [0.29, 0.717) is 26.3 Å². The van der Waals surface area contributed by atoms with Gasteiger partial charge in [0.1, 0.15) is 18.5 Å². The third-order valence-electron chi connectivity index (χ3n) is 4.62. The number of furan rings is 1. The fraction of sp³-hybridized carbons (Fsp3) is 0.444. The highest BCUT2D eigenvalue weighted by molar-refractivity contribution is 5.95. The minimum atomic E-state index is -0.538. The van der Waals surface area contributed by atoms with E-state index in [4.69, 9.17) is 13.9 Å². The number of carbonyl (C=O) groups is 1. The first-order chi connectivity index (χ1) is 12.2. The number of hydrogen-bond acceptors (Lipinski definition) is 6. The van der Waals surface area contributed by atoms with Crippen LogP contribution in [0.2, 0.25) is 0 Å². The van der Waals surface area contributed by atoms with Crippen molar-refractivity contribution in [2.45, 2.75) is 12.1 Å². The van der Waals surface area contributed by atoms with Gasteiger partial charge in [0.15, 0.2) is 0 Å². The van der Waals surface area contributed by atoms with Crippen LogP contribution in [0.5, 0.6) is 0 Å². The molecule has 2 saturated heterocycles. The van der Waals surface area contributed by atoms with Crippen molar-refractivity contribution in [3.63, 3.8) is 0 Å². The Balaban J connectivity index is 1.52. The lowest BCUT2D eigenvalue weighted by molar-refractivity contribution is -0.146. The van der Waals surface area contributed by atoms with Crippen molar-refractivity contribution in [2.24, 2.45) is 0 Å². The topological polar surface area (TPSA) is 68.0 Å². The highest BCUT2D eigenvalue weighted by atomic mass is 16.6. The van der Waals surface area contributed by atoms with Crippen molar-refractivity contribution in [2.75, 3.05) is 44.4 Å². The summed E-state index contributed by atoms with van der Waals surface area (Å²) in [6, 6.07) is 5.80. The first kappa shape index (κ1) is 16.3. The molecule has 1 amide bonds. The molecule has 0 aromatic carbocycles. The standard InChI is InChI=1S/C18H21N3O4/c22-17-11-25-18(13-21(17)16-3-6-23-10-16)12-20(5-7-24-14-18)9-15-2-1-4-19-8-15/h1-4,6,8,10H,5,7,9,11-14H2/t18-/m1/s1. The summed E-state index contributed by atoms with van der Waals surface area (Å²) < 4.78 is 16.9. The lowest BCUT2D eigenvalue weighted by Gasteiger charge is -2.42. The molecular weight excluding hydrogens is 322 g/mol. The molecule has 2 aromatic rings. The van der Waals surface area contributed by atoms with E-state index < -0.39 is 5.60 Å². The molecule has 2 fully saturated rings. The second-order valence-corrected chi connectivity index (χ2v) is 6.56. The highest BCUT2D eigenvalue weighted by Crippen LogP contribution is 2.27. The van der Waals surface area contributed by atoms with Crippen molar-refractivity contribution >= 4 is 11.6 Å². The predicted molar refractivity (Wildman–Crippen MR) is 90.1 cm³/mol. The summed E-state index contributed by atoms with van der Waals surface area (Å²) in [5, 5.41) is 0. The summed E-state index contributed by atoms with van der Waals surface area (Å²) >= 11 is 0. The average Bonchev–Trinajstić information content (AvgIpc) is 3.09. The van der Waals surface area contributed by atoms with Gasteiger partial charge in [0, 0.05) is 38.1 Å². The minimum absolute atomic E-state index is 0.0509. The van der Waals surface area contributed by atoms with Gasteiger partial charge in [0.25, 0.3) is 5.91 Å². The van der Waals surface area contributed by atoms with E-state index in [-0.39, 0.29) is 12.5 Å². The highest BCUT2D eigenvalue weighted by Gasteiger charge is 2.43. The van der Waals surface area contributed by atoms with Crippen LogP contribution < -0.4 is 4.90 Å². The molecule has 0 unspecified atom stereocenters. The Kier molecular flexibility index (Phi) is 4.52. The van der Waals surface area contributed by atoms with Crippen molar-refractivity contribution < 1.29 is 18.7 Å². The zero-order chi connectivity index (χ0) is 17.1. The molecule has 1 spiro atoms. The molecule has 2 aliphatic rings. The Bertz CT molecular complexity index is 706. The normalized spacial score (nSPS) is 25.3. The van der Waals surface area contributed by atoms with E-state index in [9.17, 15) is 4.79 Å². The molecule has 0 radical (unpaired) electrons. The fourth-order valence-electron chi connectivity index (χ4n) is 3.41. The van der Waals surface area contributed by atoms with Gasteiger partial charge >= 0.3 is 0 Å². The van der Waals surface area contributed by atoms with E-state index in [0.717, 1.165) is 24.3 Å². The molecule has 2 aromatic heterocycles. The van der Waals surface area contributed by atoms with Crippen LogP contribution in [0.15, 0.2) is 47.5 Å². The van der Waals surface area contributed by atoms with E-state index in [1.165, 1.54) is 0 Å². The summed E-state index contributed by atoms with van der Waals surface area (Å²) in [6.45, 7) is 3.92. The first-order valence-corrected chi connectivity index (χ1v) is 8.40. The smallest absolute Gasteiger partial charge is 0.253 e. The molecule has 7 nitrogen and oxygen atoms in total. The van der Waals surface area contributed by atoms with Crippen LogP contribution in [0, 0.1) is 0 Å². The Morgan fingerprint density at radius 3 is 3.04 bits per heavy atom. The predicted octanol–water partition coefficient (Wildman–Crippen LogP) is 1.31. The molecule has 1 atom stereocenters. The van der Waals surface area contributed by atoms with Crippen molar-refractivity contribution in [3.05, 3.63) is 48.7 Å². The summed E-state index contributed by atoms with van der Waals surface area (Å²) in [6.07, 6.45) is 6.81. The van der Waals surface area contributed by atoms with Gasteiger partial charge in [-0.1, -0.05) is 6.07 Å². The quantitative estimate of drug-likeness (QED) is 0.837. The van der Waals surface area contributed by atoms with Gasteiger partial charge in [-0.15, -0.1) is 0 Å². The lowest BCUT2D eigenvalue weighted by Crippen LogP contribution is -2.60. The van der Waals surface area contributed by atoms with Gasteiger partial charge < -0.3 is 18.8 Å². The maximum Gasteiger partial charge on any atom is 0.253 e. The number of hydrogen-bond donors (Lipinski definition) is 0. The number of rotatable bonds is 3. The van der Waals surface area contributed by atoms with Gasteiger partial charge in [-0.3, -0.25) is 14.7 Å². The number of pyridine rings is 1. The number of amides is 1. The fourth-order valence-corrected chi connectivity index (χ4v) is 3.41. The molecule has 25 heavy (non-hydrogen) atoms. The molecule has 0 saturated carbocycles. The third-order valence-corrected chi connectivity index (χ3v) is 4.62. The maximum absolute atomic E-state index is 12.3. The van der Waals surface area contributed by atoms with Crippen molar-refractivity contribution in [1.82, 2.24) is 9.88 Å². The summed E-state index contributed by atoms with van der Waals surface area (Å²) in [7, 11) is 0. The maximum atomic E-state index is 12.3. The third kappa shape index (κ3) is 3.58. The van der Waals surface area contributed by atoms with Gasteiger partial charge in [0.05, 0.1) is 31.7 Å². The second kappa shape index (κ2) is 6.95. The number of morpholine rings is 1. The molecule has 0 bridgehead atoms. The molecule has 132 valence electrons. The SMILES string of the molecule is O=C1CO[C@@]2(COCCN(Cc3cccnc3)C2)CN1c1ccoc1. The number of anilines is 1. The zero-order valence-corrected chi connectivity index (χ0v) is 14.0. The molecule has 4 heterocycles. The van der Waals surface area contributed by atoms with Crippen LogP contribution in [-0.4, -0.2) is 60.8 Å². The van der Waals surface area contributed by atoms with Gasteiger partial charge in [0.2, 0.25) is 0 Å². The number of carbonyl (C=O) groups excluding carboxylic acids is 1. The van der Waals surface area contributed by atoms with Crippen molar-refractivity contribution in [3.8, 4) is 0 Å². The van der Waals surface area contributed by atoms with Gasteiger partial charge in [-0.25, -0.2) is 0 Å². The minimum Gasteiger partial charge on any atom is -0.470 e. The Hall–Kier alpha value is -2.22. The Morgan fingerprint density at radius 1 is 1.28 bits per heavy atom. The van der Waals surface area contributed by atoms with Gasteiger partial charge in [-0.05, 0) is 11.6 Å². The largest absolute Gasteiger partial charge is 0.470 e. The van der Waals surface area contributed by atoms with E-state index in [1.54, 1.807) is 29.7 Å². The van der Waals surface area contributed by atoms with Crippen LogP contribution in [-0.2, 0) is 20.8 Å². The van der Waals surface area contributed by atoms with Crippen LogP contribution in [0.4, 0.5) is 5.69 Å². The summed E-state index contributed by atoms with van der Waals surface area (Å²) in [5.41, 5.74) is 1.37. The number of nitrogens with zero attached hydrogens (tertiary/aromatic N) is 3. The van der Waals surface area contributed by atoms with Crippen LogP contribution in [0.1, 0.15) is 5.56 Å². The molecule has 7 heteroatoms. The van der Waals surface area contributed by atoms with Crippen LogP contribution in [0.3, 0.4) is 0 Å². The Morgan fingerprint density at radius 2 is 2.24 bits per heavy atom. The van der Waals surface area contributed by atoms with Crippen molar-refractivity contribution in [1.29, 1.82) is 0 Å². The molecule has 0 aliphatic carbocycles. The second-order valence-electron chi connectivity index (χ2n) is 6.56. The zero-order valence-electron chi connectivity index (χ0n) is 14.0. The van der Waals surface area contributed by atoms with Crippen LogP contribution in [0.25, 0.3) is 0 Å². The molecule has 0 N–H and O–H groups in total. The average molecular weight is 343 g/mol. The monoisotopic (exact) mass is 343 g/mol.